The second-order valence-corrected chi connectivity index (χ2v) is 2.83. The summed E-state index contributed by atoms with van der Waals surface area (Å²) in [7, 11) is 0. The quantitative estimate of drug-likeness (QED) is 0.724. The predicted molar refractivity (Wildman–Crippen MR) is 45.1 cm³/mol. The van der Waals surface area contributed by atoms with Crippen molar-refractivity contribution >= 4 is 0 Å². The summed E-state index contributed by atoms with van der Waals surface area (Å²) in [5.74, 6) is 0. The minimum absolute atomic E-state index is 0.108. The highest BCUT2D eigenvalue weighted by Crippen LogP contribution is 2.16. The number of alkyl halides is 2. The number of halogens is 2. The number of hydrogen-bond acceptors (Lipinski definition) is 3. The molecule has 0 aliphatic heterocycles. The van der Waals surface area contributed by atoms with Gasteiger partial charge in [-0.05, 0) is 6.07 Å². The van der Waals surface area contributed by atoms with Crippen LogP contribution in [0.3, 0.4) is 0 Å². The highest BCUT2D eigenvalue weighted by Gasteiger charge is 2.09. The fourth-order valence-electron chi connectivity index (χ4n) is 0.999. The van der Waals surface area contributed by atoms with Crippen molar-refractivity contribution in [1.82, 2.24) is 0 Å². The number of hydrogen-bond donors (Lipinski definition) is 1. The van der Waals surface area contributed by atoms with Crippen LogP contribution in [0.2, 0.25) is 0 Å². The Bertz CT molecular complexity index is 236. The zero-order chi connectivity index (χ0) is 10.4. The van der Waals surface area contributed by atoms with Gasteiger partial charge in [-0.3, -0.25) is 0 Å². The molecule has 5 heteroatoms. The Hall–Kier alpha value is -0.940. The van der Waals surface area contributed by atoms with Crippen molar-refractivity contribution in [2.45, 2.75) is 19.0 Å². The maximum absolute atomic E-state index is 11.6. The Kier molecular flexibility index (Phi) is 4.55. The molecule has 0 spiro atoms. The fraction of sp³-hybridized carbons (Fsp3) is 0.556. The van der Waals surface area contributed by atoms with Gasteiger partial charge < -0.3 is 14.3 Å². The van der Waals surface area contributed by atoms with E-state index < -0.39 is 19.1 Å². The lowest BCUT2D eigenvalue weighted by Gasteiger charge is -2.08. The molecule has 0 aliphatic carbocycles. The normalized spacial score (nSPS) is 13.4. The smallest absolute Gasteiger partial charge is 0.261 e. The number of furan rings is 1. The van der Waals surface area contributed by atoms with Crippen LogP contribution in [0.15, 0.2) is 23.0 Å². The molecule has 0 bridgehead atoms. The molecule has 80 valence electrons. The lowest BCUT2D eigenvalue weighted by molar-refractivity contribution is 0.00476. The summed E-state index contributed by atoms with van der Waals surface area (Å²) in [5.41, 5.74) is 0.630. The molecule has 14 heavy (non-hydrogen) atoms. The standard InChI is InChI=1S/C9H12F2O3/c10-9(11)6-14-4-2-8(12)7-1-3-13-5-7/h1,3,5,8-9,12H,2,4,6H2. The Morgan fingerprint density at radius 3 is 2.86 bits per heavy atom. The molecule has 0 saturated heterocycles. The summed E-state index contributed by atoms with van der Waals surface area (Å²) in [6.07, 6.45) is -0.0322. The number of ether oxygens (including phenoxy) is 1. The summed E-state index contributed by atoms with van der Waals surface area (Å²) in [6, 6.07) is 1.62. The highest BCUT2D eigenvalue weighted by atomic mass is 19.3. The van der Waals surface area contributed by atoms with Crippen LogP contribution in [0.4, 0.5) is 8.78 Å². The maximum Gasteiger partial charge on any atom is 0.261 e. The van der Waals surface area contributed by atoms with Crippen LogP contribution < -0.4 is 0 Å². The van der Waals surface area contributed by atoms with Gasteiger partial charge in [0.2, 0.25) is 0 Å². The zero-order valence-electron chi connectivity index (χ0n) is 7.53. The third-order valence-electron chi connectivity index (χ3n) is 1.71. The molecule has 0 fully saturated rings. The predicted octanol–water partition coefficient (Wildman–Crippen LogP) is 1.98. The first-order chi connectivity index (χ1) is 6.70. The van der Waals surface area contributed by atoms with E-state index in [1.807, 2.05) is 0 Å². The Labute approximate surface area is 80.3 Å². The Balaban J connectivity index is 2.13. The van der Waals surface area contributed by atoms with Gasteiger partial charge in [0.05, 0.1) is 18.6 Å². The van der Waals surface area contributed by atoms with Crippen LogP contribution in [0, 0.1) is 0 Å². The molecule has 0 aromatic carbocycles. The van der Waals surface area contributed by atoms with Crippen LogP contribution in [-0.2, 0) is 4.74 Å². The number of rotatable bonds is 6. The van der Waals surface area contributed by atoms with Gasteiger partial charge in [-0.1, -0.05) is 0 Å². The summed E-state index contributed by atoms with van der Waals surface area (Å²) in [6.45, 7) is -0.477. The van der Waals surface area contributed by atoms with Gasteiger partial charge in [-0.25, -0.2) is 8.78 Å². The molecule has 1 heterocycles. The van der Waals surface area contributed by atoms with E-state index in [9.17, 15) is 13.9 Å². The van der Waals surface area contributed by atoms with Gasteiger partial charge in [-0.15, -0.1) is 0 Å². The summed E-state index contributed by atoms with van der Waals surface area (Å²) in [5, 5.41) is 9.45. The molecule has 0 radical (unpaired) electrons. The average molecular weight is 206 g/mol. The Morgan fingerprint density at radius 2 is 2.29 bits per heavy atom. The van der Waals surface area contributed by atoms with E-state index in [2.05, 4.69) is 4.74 Å². The minimum Gasteiger partial charge on any atom is -0.472 e. The number of aliphatic hydroxyl groups excluding tert-OH is 1. The summed E-state index contributed by atoms with van der Waals surface area (Å²) in [4.78, 5) is 0. The first-order valence-electron chi connectivity index (χ1n) is 4.26. The first kappa shape index (κ1) is 11.1. The maximum atomic E-state index is 11.6. The summed E-state index contributed by atoms with van der Waals surface area (Å²) < 4.78 is 32.6. The summed E-state index contributed by atoms with van der Waals surface area (Å²) >= 11 is 0. The van der Waals surface area contributed by atoms with E-state index >= 15 is 0 Å². The fourth-order valence-corrected chi connectivity index (χ4v) is 0.999. The molecular formula is C9H12F2O3. The molecule has 3 nitrogen and oxygen atoms in total. The van der Waals surface area contributed by atoms with Gasteiger partial charge >= 0.3 is 0 Å². The number of aliphatic hydroxyl groups is 1. The second-order valence-electron chi connectivity index (χ2n) is 2.83. The van der Waals surface area contributed by atoms with Crippen LogP contribution >= 0.6 is 0 Å². The lowest BCUT2D eigenvalue weighted by atomic mass is 10.1. The molecule has 1 rings (SSSR count). The van der Waals surface area contributed by atoms with Crippen molar-refractivity contribution in [2.24, 2.45) is 0 Å². The molecule has 1 N–H and O–H groups in total. The van der Waals surface area contributed by atoms with Crippen molar-refractivity contribution < 1.29 is 23.0 Å². The van der Waals surface area contributed by atoms with Crippen molar-refractivity contribution in [3.8, 4) is 0 Å². The second kappa shape index (κ2) is 5.72. The van der Waals surface area contributed by atoms with Gasteiger partial charge in [0, 0.05) is 18.6 Å². The van der Waals surface area contributed by atoms with Crippen molar-refractivity contribution in [3.05, 3.63) is 24.2 Å². The van der Waals surface area contributed by atoms with E-state index in [4.69, 9.17) is 4.42 Å². The topological polar surface area (TPSA) is 42.6 Å². The monoisotopic (exact) mass is 206 g/mol. The van der Waals surface area contributed by atoms with E-state index in [0.29, 0.717) is 5.56 Å². The largest absolute Gasteiger partial charge is 0.472 e. The molecular weight excluding hydrogens is 194 g/mol. The lowest BCUT2D eigenvalue weighted by Crippen LogP contribution is -2.08. The minimum atomic E-state index is -2.46. The van der Waals surface area contributed by atoms with Gasteiger partial charge in [-0.2, -0.15) is 0 Å². The van der Waals surface area contributed by atoms with E-state index in [1.165, 1.54) is 12.5 Å². The van der Waals surface area contributed by atoms with Gasteiger partial charge in [0.1, 0.15) is 6.61 Å². The van der Waals surface area contributed by atoms with Crippen LogP contribution in [0.5, 0.6) is 0 Å². The molecule has 1 aromatic heterocycles. The van der Waals surface area contributed by atoms with Crippen LogP contribution in [-0.4, -0.2) is 24.7 Å². The van der Waals surface area contributed by atoms with Gasteiger partial charge in [0.15, 0.2) is 0 Å². The molecule has 0 saturated carbocycles. The van der Waals surface area contributed by atoms with Crippen molar-refractivity contribution in [1.29, 1.82) is 0 Å². The molecule has 0 aliphatic rings. The Morgan fingerprint density at radius 1 is 1.50 bits per heavy atom. The van der Waals surface area contributed by atoms with E-state index in [1.54, 1.807) is 6.07 Å². The SMILES string of the molecule is OC(CCOCC(F)F)c1ccoc1. The molecule has 1 unspecified atom stereocenters. The first-order valence-corrected chi connectivity index (χ1v) is 4.26. The molecule has 1 aromatic rings. The van der Waals surface area contributed by atoms with Crippen LogP contribution in [0.25, 0.3) is 0 Å². The van der Waals surface area contributed by atoms with E-state index in [-0.39, 0.29) is 13.0 Å². The third kappa shape index (κ3) is 3.85. The van der Waals surface area contributed by atoms with E-state index in [0.717, 1.165) is 0 Å². The van der Waals surface area contributed by atoms with Crippen molar-refractivity contribution in [3.63, 3.8) is 0 Å². The molecule has 0 amide bonds. The van der Waals surface area contributed by atoms with Gasteiger partial charge in [0.25, 0.3) is 6.43 Å². The third-order valence-corrected chi connectivity index (χ3v) is 1.71. The highest BCUT2D eigenvalue weighted by molar-refractivity contribution is 5.08. The average Bonchev–Trinajstić information content (AvgIpc) is 2.64. The van der Waals surface area contributed by atoms with Crippen LogP contribution in [0.1, 0.15) is 18.1 Å². The van der Waals surface area contributed by atoms with Crippen molar-refractivity contribution in [2.75, 3.05) is 13.2 Å². The molecule has 1 atom stereocenters. The zero-order valence-corrected chi connectivity index (χ0v) is 7.53.